The summed E-state index contributed by atoms with van der Waals surface area (Å²) in [5, 5.41) is 0. The van der Waals surface area contributed by atoms with Crippen LogP contribution in [0.25, 0.3) is 0 Å². The fourth-order valence-corrected chi connectivity index (χ4v) is 7.67. The fraction of sp³-hybridized carbons (Fsp3) is 0.909. The molecular weight excluding hydrogens is 542 g/mol. The Morgan fingerprint density at radius 3 is 1.09 bits per heavy atom. The number of hydrogen-bond donors (Lipinski definition) is 1. The Bertz CT molecular complexity index is 660. The van der Waals surface area contributed by atoms with Crippen molar-refractivity contribution >= 4 is 0 Å². The lowest BCUT2D eigenvalue weighted by molar-refractivity contribution is -0.843. The molecule has 0 aromatic carbocycles. The molecule has 0 radical (unpaired) electrons. The lowest BCUT2D eigenvalue weighted by atomic mass is 9.89. The average Bonchev–Trinajstić information content (AvgIpc) is 3.04. The van der Waals surface area contributed by atoms with Gasteiger partial charge < -0.3 is 4.90 Å². The lowest BCUT2D eigenvalue weighted by Crippen LogP contribution is -3.07. The topological polar surface area (TPSA) is 4.44 Å². The summed E-state index contributed by atoms with van der Waals surface area (Å²) in [7, 11) is 2.42. The summed E-state index contributed by atoms with van der Waals surface area (Å²) in [6.07, 6.45) is 54.2. The van der Waals surface area contributed by atoms with Gasteiger partial charge >= 0.3 is 0 Å². The van der Waals surface area contributed by atoms with Crippen molar-refractivity contribution in [2.45, 2.75) is 239 Å². The maximum absolute atomic E-state index is 2.50. The molecule has 0 aliphatic heterocycles. The highest BCUT2D eigenvalue weighted by molar-refractivity contribution is 5.22. The van der Waals surface area contributed by atoms with E-state index in [9.17, 15) is 0 Å². The van der Waals surface area contributed by atoms with Gasteiger partial charge in [0.2, 0.25) is 0 Å². The zero-order valence-electron chi connectivity index (χ0n) is 32.0. The normalized spacial score (nSPS) is 15.8. The van der Waals surface area contributed by atoms with Crippen LogP contribution in [0.15, 0.2) is 23.4 Å². The minimum absolute atomic E-state index is 0.729. The van der Waals surface area contributed by atoms with Crippen LogP contribution in [0.3, 0.4) is 0 Å². The number of quaternary nitrogens is 1. The van der Waals surface area contributed by atoms with Gasteiger partial charge in [0.15, 0.2) is 0 Å². The van der Waals surface area contributed by atoms with E-state index in [2.05, 4.69) is 40.0 Å². The first-order chi connectivity index (χ1) is 22.2. The molecule has 1 heteroatoms. The summed E-state index contributed by atoms with van der Waals surface area (Å²) < 4.78 is 0. The zero-order valence-corrected chi connectivity index (χ0v) is 32.0. The Morgan fingerprint density at radius 1 is 0.444 bits per heavy atom. The van der Waals surface area contributed by atoms with Gasteiger partial charge in [0.1, 0.15) is 5.70 Å². The van der Waals surface area contributed by atoms with Crippen LogP contribution in [0.2, 0.25) is 0 Å². The van der Waals surface area contributed by atoms with Crippen LogP contribution < -0.4 is 4.90 Å². The number of nitrogens with one attached hydrogen (secondary N) is 1. The molecule has 1 N–H and O–H groups in total. The molecule has 0 aromatic rings. The van der Waals surface area contributed by atoms with Crippen LogP contribution in [0.5, 0.6) is 0 Å². The molecule has 1 rings (SSSR count). The molecule has 0 bridgehead atoms. The van der Waals surface area contributed by atoms with Gasteiger partial charge in [0, 0.05) is 5.92 Å². The van der Waals surface area contributed by atoms with E-state index in [4.69, 9.17) is 0 Å². The van der Waals surface area contributed by atoms with Gasteiger partial charge in [-0.3, -0.25) is 0 Å². The molecule has 2 unspecified atom stereocenters. The Kier molecular flexibility index (Phi) is 31.5. The van der Waals surface area contributed by atoms with Gasteiger partial charge in [-0.15, -0.1) is 0 Å². The van der Waals surface area contributed by atoms with Gasteiger partial charge in [-0.2, -0.15) is 0 Å². The first-order valence-electron chi connectivity index (χ1n) is 21.4. The van der Waals surface area contributed by atoms with Gasteiger partial charge in [-0.05, 0) is 38.2 Å². The van der Waals surface area contributed by atoms with E-state index < -0.39 is 0 Å². The maximum Gasteiger partial charge on any atom is 0.110 e. The van der Waals surface area contributed by atoms with E-state index >= 15 is 0 Å². The smallest absolute Gasteiger partial charge is 0.110 e. The lowest BCUT2D eigenvalue weighted by Gasteiger charge is -2.25. The van der Waals surface area contributed by atoms with Crippen molar-refractivity contribution in [3.05, 3.63) is 23.4 Å². The quantitative estimate of drug-likeness (QED) is 0.0666. The van der Waals surface area contributed by atoms with Crippen molar-refractivity contribution in [3.8, 4) is 0 Å². The van der Waals surface area contributed by atoms with Crippen LogP contribution in [-0.4, -0.2) is 13.6 Å². The number of rotatable bonds is 35. The van der Waals surface area contributed by atoms with Crippen molar-refractivity contribution in [2.24, 2.45) is 5.92 Å². The summed E-state index contributed by atoms with van der Waals surface area (Å²) in [4.78, 5) is 1.67. The molecule has 0 amide bonds. The van der Waals surface area contributed by atoms with Crippen LogP contribution in [0, 0.1) is 5.92 Å². The molecule has 0 heterocycles. The predicted molar refractivity (Wildman–Crippen MR) is 205 cm³/mol. The maximum atomic E-state index is 2.50. The highest BCUT2D eigenvalue weighted by Gasteiger charge is 2.21. The van der Waals surface area contributed by atoms with Crippen LogP contribution in [0.4, 0.5) is 0 Å². The molecule has 1 aliphatic rings. The third-order valence-corrected chi connectivity index (χ3v) is 10.8. The highest BCUT2D eigenvalue weighted by atomic mass is 15.1. The largest absolute Gasteiger partial charge is 0.308 e. The van der Waals surface area contributed by atoms with Crippen molar-refractivity contribution < 1.29 is 4.90 Å². The number of allylic oxidation sites excluding steroid dienone is 4. The molecule has 0 aromatic heterocycles. The Labute approximate surface area is 286 Å². The zero-order chi connectivity index (χ0) is 32.5. The molecule has 0 spiro atoms. The third kappa shape index (κ3) is 27.1. The van der Waals surface area contributed by atoms with Crippen LogP contribution >= 0.6 is 0 Å². The monoisotopic (exact) mass is 629 g/mol. The highest BCUT2D eigenvalue weighted by Crippen LogP contribution is 2.26. The molecule has 0 saturated carbocycles. The van der Waals surface area contributed by atoms with E-state index in [-0.39, 0.29) is 0 Å². The minimum Gasteiger partial charge on any atom is -0.308 e. The summed E-state index contributed by atoms with van der Waals surface area (Å²) in [6, 6.07) is 0. The second-order valence-electron chi connectivity index (χ2n) is 15.4. The van der Waals surface area contributed by atoms with Gasteiger partial charge in [0.25, 0.3) is 0 Å². The van der Waals surface area contributed by atoms with Gasteiger partial charge in [-0.1, -0.05) is 219 Å². The number of unbranched alkanes of at least 4 members (excludes halogenated alkanes) is 30. The fourth-order valence-electron chi connectivity index (χ4n) is 7.67. The third-order valence-electron chi connectivity index (χ3n) is 10.8. The van der Waals surface area contributed by atoms with Crippen LogP contribution in [-0.2, 0) is 0 Å². The van der Waals surface area contributed by atoms with Crippen molar-refractivity contribution in [1.82, 2.24) is 0 Å². The van der Waals surface area contributed by atoms with Crippen molar-refractivity contribution in [1.29, 1.82) is 0 Å². The summed E-state index contributed by atoms with van der Waals surface area (Å²) in [6.45, 7) is 8.41. The first kappa shape index (κ1) is 42.5. The Hall–Kier alpha value is -0.560. The Morgan fingerprint density at radius 2 is 0.756 bits per heavy atom. The molecule has 1 nitrogen and oxygen atoms in total. The molecule has 2 atom stereocenters. The van der Waals surface area contributed by atoms with Crippen molar-refractivity contribution in [3.63, 3.8) is 0 Å². The summed E-state index contributed by atoms with van der Waals surface area (Å²) in [5.41, 5.74) is 3.37. The minimum atomic E-state index is 0.729. The molecule has 266 valence electrons. The molecule has 0 saturated heterocycles. The summed E-state index contributed by atoms with van der Waals surface area (Å²) >= 11 is 0. The van der Waals surface area contributed by atoms with E-state index in [1.165, 1.54) is 225 Å². The Balaban J connectivity index is 1.92. The van der Waals surface area contributed by atoms with E-state index in [1.807, 2.05) is 0 Å². The van der Waals surface area contributed by atoms with E-state index in [0.29, 0.717) is 0 Å². The first-order valence-corrected chi connectivity index (χ1v) is 21.4. The molecular formula is C44H86N+. The van der Waals surface area contributed by atoms with Gasteiger partial charge in [-0.25, -0.2) is 0 Å². The molecule has 1 aliphatic carbocycles. The van der Waals surface area contributed by atoms with E-state index in [1.54, 1.807) is 16.2 Å². The summed E-state index contributed by atoms with van der Waals surface area (Å²) in [5.74, 6) is 0.729. The SMILES string of the molecule is CCCCCCCCCCCCCCCCCCC1=CC=C([NH+](C)CCCCCCCCCCCCCCCCCC)C(C)C1. The predicted octanol–water partition coefficient (Wildman–Crippen LogP) is 14.3. The molecule has 0 fully saturated rings. The standard InChI is InChI=1S/C44H85N/c1-5-7-9-11-13-15-17-19-21-23-25-27-29-31-33-35-37-43-38-39-44(42(3)41-43)45(4)40-36-34-32-30-28-26-24-22-20-18-16-14-12-10-8-6-2/h38-39,42H,5-37,40-41H2,1-4H3/p+1. The van der Waals surface area contributed by atoms with E-state index in [0.717, 1.165) is 5.92 Å². The van der Waals surface area contributed by atoms with Crippen molar-refractivity contribution in [2.75, 3.05) is 13.6 Å². The van der Waals surface area contributed by atoms with Crippen LogP contribution in [0.1, 0.15) is 239 Å². The van der Waals surface area contributed by atoms with Gasteiger partial charge in [0.05, 0.1) is 13.6 Å². The second kappa shape index (κ2) is 33.3. The number of hydrogen-bond acceptors (Lipinski definition) is 0. The average molecular weight is 629 g/mol. The molecule has 45 heavy (non-hydrogen) atoms. The second-order valence-corrected chi connectivity index (χ2v) is 15.4.